The van der Waals surface area contributed by atoms with Crippen LogP contribution in [-0.4, -0.2) is 21.5 Å². The van der Waals surface area contributed by atoms with E-state index < -0.39 is 26.4 Å². The molecule has 0 bridgehead atoms. The van der Waals surface area contributed by atoms with E-state index in [9.17, 15) is 12.8 Å². The SMILES string of the molecule is COc1ccc(S(OS(=O)(=O)CF)(c2ccccc2)c2ccccc2)cc1. The second kappa shape index (κ2) is 8.12. The smallest absolute Gasteiger partial charge is 0.307 e. The predicted octanol–water partition coefficient (Wildman–Crippen LogP) is 5.17. The van der Waals surface area contributed by atoms with Gasteiger partial charge in [0.1, 0.15) is 5.75 Å². The molecule has 0 fully saturated rings. The van der Waals surface area contributed by atoms with Gasteiger partial charge in [-0.3, -0.25) is 0 Å². The van der Waals surface area contributed by atoms with Gasteiger partial charge in [-0.2, -0.15) is 8.42 Å². The van der Waals surface area contributed by atoms with Crippen LogP contribution in [0.1, 0.15) is 0 Å². The van der Waals surface area contributed by atoms with E-state index in [0.717, 1.165) is 0 Å². The first kappa shape index (κ1) is 19.4. The van der Waals surface area contributed by atoms with Gasteiger partial charge in [0.05, 0.1) is 7.11 Å². The van der Waals surface area contributed by atoms with Crippen molar-refractivity contribution < 1.29 is 21.2 Å². The van der Waals surface area contributed by atoms with Crippen LogP contribution in [0.25, 0.3) is 0 Å². The Labute approximate surface area is 160 Å². The van der Waals surface area contributed by atoms with Crippen LogP contribution in [0.2, 0.25) is 0 Å². The molecule has 0 radical (unpaired) electrons. The van der Waals surface area contributed by atoms with Crippen LogP contribution >= 0.6 is 10.3 Å². The number of alkyl halides is 1. The Morgan fingerprint density at radius 2 is 1.19 bits per heavy atom. The van der Waals surface area contributed by atoms with Crippen LogP contribution in [0.15, 0.2) is 99.6 Å². The van der Waals surface area contributed by atoms with Crippen molar-refractivity contribution in [1.82, 2.24) is 0 Å². The minimum Gasteiger partial charge on any atom is -0.497 e. The van der Waals surface area contributed by atoms with Gasteiger partial charge in [-0.25, -0.2) is 8.02 Å². The van der Waals surface area contributed by atoms with E-state index in [1.165, 1.54) is 0 Å². The molecule has 3 aromatic rings. The van der Waals surface area contributed by atoms with Crippen LogP contribution in [0, 0.1) is 0 Å². The number of halogens is 1. The van der Waals surface area contributed by atoms with Crippen molar-refractivity contribution in [3.8, 4) is 5.75 Å². The fourth-order valence-electron chi connectivity index (χ4n) is 2.69. The maximum atomic E-state index is 13.2. The first-order valence-corrected chi connectivity index (χ1v) is 11.2. The Kier molecular flexibility index (Phi) is 5.84. The molecule has 0 saturated carbocycles. The number of rotatable bonds is 7. The minimum absolute atomic E-state index is 0.623. The topological polar surface area (TPSA) is 52.6 Å². The van der Waals surface area contributed by atoms with Crippen LogP contribution in [-0.2, 0) is 13.7 Å². The highest BCUT2D eigenvalue weighted by atomic mass is 32.3. The fraction of sp³-hybridized carbons (Fsp3) is 0.100. The first-order valence-electron chi connectivity index (χ1n) is 8.09. The third-order valence-electron chi connectivity index (χ3n) is 3.88. The molecule has 27 heavy (non-hydrogen) atoms. The van der Waals surface area contributed by atoms with Crippen molar-refractivity contribution in [3.63, 3.8) is 0 Å². The summed E-state index contributed by atoms with van der Waals surface area (Å²) in [4.78, 5) is 1.93. The number of hydrogen-bond acceptors (Lipinski definition) is 4. The van der Waals surface area contributed by atoms with E-state index in [0.29, 0.717) is 20.4 Å². The molecular formula is C20H19FO4S2. The van der Waals surface area contributed by atoms with Gasteiger partial charge in [-0.15, -0.1) is 0 Å². The largest absolute Gasteiger partial charge is 0.497 e. The summed E-state index contributed by atoms with van der Waals surface area (Å²) in [7, 11) is -5.56. The monoisotopic (exact) mass is 406 g/mol. The van der Waals surface area contributed by atoms with E-state index in [4.69, 9.17) is 8.37 Å². The number of ether oxygens (including phenoxy) is 1. The zero-order chi connectivity index (χ0) is 19.3. The second-order valence-electron chi connectivity index (χ2n) is 5.59. The number of methoxy groups -OCH3 is 1. The van der Waals surface area contributed by atoms with E-state index >= 15 is 0 Å². The molecule has 0 aliphatic heterocycles. The molecule has 0 N–H and O–H groups in total. The molecule has 0 aliphatic rings. The lowest BCUT2D eigenvalue weighted by atomic mass is 10.3. The molecule has 4 nitrogen and oxygen atoms in total. The summed E-state index contributed by atoms with van der Waals surface area (Å²) in [5.41, 5.74) is 0. The molecule has 3 rings (SSSR count). The lowest BCUT2D eigenvalue weighted by Gasteiger charge is -2.39. The molecule has 0 heterocycles. The maximum Gasteiger partial charge on any atom is 0.307 e. The van der Waals surface area contributed by atoms with Crippen molar-refractivity contribution in [2.24, 2.45) is 0 Å². The van der Waals surface area contributed by atoms with Gasteiger partial charge in [0.15, 0.2) is 0 Å². The predicted molar refractivity (Wildman–Crippen MR) is 104 cm³/mol. The Bertz CT molecular complexity index is 936. The van der Waals surface area contributed by atoms with Gasteiger partial charge in [-0.1, -0.05) is 36.4 Å². The average molecular weight is 407 g/mol. The van der Waals surface area contributed by atoms with Crippen LogP contribution in [0.4, 0.5) is 4.39 Å². The van der Waals surface area contributed by atoms with Crippen LogP contribution in [0.3, 0.4) is 0 Å². The second-order valence-corrected chi connectivity index (χ2v) is 10.00. The van der Waals surface area contributed by atoms with Gasteiger partial charge in [-0.05, 0) is 58.8 Å². The molecule has 0 aromatic heterocycles. The summed E-state index contributed by atoms with van der Waals surface area (Å²) in [5.74, 6) is 0.626. The van der Waals surface area contributed by atoms with Crippen LogP contribution < -0.4 is 4.74 Å². The van der Waals surface area contributed by atoms with Gasteiger partial charge in [0.25, 0.3) is 0 Å². The van der Waals surface area contributed by atoms with Gasteiger partial charge in [0, 0.05) is 14.7 Å². The number of hydrogen-bond donors (Lipinski definition) is 0. The van der Waals surface area contributed by atoms with Crippen molar-refractivity contribution in [2.45, 2.75) is 14.7 Å². The maximum absolute atomic E-state index is 13.2. The highest BCUT2D eigenvalue weighted by Gasteiger charge is 2.37. The van der Waals surface area contributed by atoms with Crippen molar-refractivity contribution in [3.05, 3.63) is 84.9 Å². The van der Waals surface area contributed by atoms with E-state index in [2.05, 4.69) is 0 Å². The van der Waals surface area contributed by atoms with Crippen molar-refractivity contribution >= 4 is 20.4 Å². The summed E-state index contributed by atoms with van der Waals surface area (Å²) in [6, 6.07) is 23.4. The van der Waals surface area contributed by atoms with Gasteiger partial charge >= 0.3 is 10.1 Å². The zero-order valence-corrected chi connectivity index (χ0v) is 16.3. The molecule has 0 atom stereocenters. The molecule has 0 amide bonds. The molecular weight excluding hydrogens is 387 g/mol. The fourth-order valence-corrected chi connectivity index (χ4v) is 7.44. The summed E-state index contributed by atoms with van der Waals surface area (Å²) < 4.78 is 48.6. The quantitative estimate of drug-likeness (QED) is 0.543. The van der Waals surface area contributed by atoms with Crippen LogP contribution in [0.5, 0.6) is 5.75 Å². The molecule has 142 valence electrons. The van der Waals surface area contributed by atoms with E-state index in [1.54, 1.807) is 79.9 Å². The summed E-state index contributed by atoms with van der Waals surface area (Å²) in [5, 5.41) is 0. The van der Waals surface area contributed by atoms with E-state index in [1.807, 2.05) is 12.1 Å². The first-order chi connectivity index (χ1) is 13.0. The minimum atomic E-state index is -4.40. The van der Waals surface area contributed by atoms with Gasteiger partial charge in [0.2, 0.25) is 6.01 Å². The lowest BCUT2D eigenvalue weighted by Crippen LogP contribution is -2.15. The molecule has 0 saturated heterocycles. The highest BCUT2D eigenvalue weighted by Crippen LogP contribution is 2.69. The summed E-state index contributed by atoms with van der Waals surface area (Å²) in [6.45, 7) is 0. The molecule has 0 aliphatic carbocycles. The third kappa shape index (κ3) is 4.00. The van der Waals surface area contributed by atoms with E-state index in [-0.39, 0.29) is 0 Å². The standard InChI is InChI=1S/C20H19FO4S2/c1-24-17-12-14-20(15-13-17)27(25-26(22,23)16-21,18-8-4-2-5-9-18)19-10-6-3-7-11-19/h2-15H,16H2,1H3. The molecule has 0 unspecified atom stereocenters. The Morgan fingerprint density at radius 3 is 1.59 bits per heavy atom. The third-order valence-corrected chi connectivity index (χ3v) is 8.60. The summed E-state index contributed by atoms with van der Waals surface area (Å²) >= 11 is 0. The normalized spacial score (nSPS) is 12.5. The average Bonchev–Trinajstić information content (AvgIpc) is 2.73. The number of benzene rings is 3. The van der Waals surface area contributed by atoms with Crippen molar-refractivity contribution in [2.75, 3.05) is 13.1 Å². The summed E-state index contributed by atoms with van der Waals surface area (Å²) in [6.07, 6.45) is 0. The molecule has 7 heteroatoms. The Morgan fingerprint density at radius 1 is 0.741 bits per heavy atom. The molecule has 0 spiro atoms. The lowest BCUT2D eigenvalue weighted by molar-refractivity contribution is 0.414. The Hall–Kier alpha value is -2.35. The Balaban J connectivity index is 2.34. The van der Waals surface area contributed by atoms with Gasteiger partial charge < -0.3 is 4.74 Å². The molecule has 3 aromatic carbocycles. The highest BCUT2D eigenvalue weighted by molar-refractivity contribution is 8.33. The zero-order valence-electron chi connectivity index (χ0n) is 14.6. The van der Waals surface area contributed by atoms with Crippen molar-refractivity contribution in [1.29, 1.82) is 0 Å².